The van der Waals surface area contributed by atoms with Crippen LogP contribution in [0.3, 0.4) is 0 Å². The van der Waals surface area contributed by atoms with E-state index in [4.69, 9.17) is 22.5 Å². The van der Waals surface area contributed by atoms with Gasteiger partial charge in [0.25, 0.3) is 0 Å². The monoisotopic (exact) mass is 270 g/mol. The Labute approximate surface area is 110 Å². The molecule has 0 aliphatic heterocycles. The Bertz CT molecular complexity index is 524. The Balaban J connectivity index is 2.99. The van der Waals surface area contributed by atoms with E-state index in [1.165, 1.54) is 11.8 Å². The first-order valence-electron chi connectivity index (χ1n) is 5.64. The van der Waals surface area contributed by atoms with Gasteiger partial charge < -0.3 is 9.42 Å². The Morgan fingerprint density at radius 1 is 1.61 bits per heavy atom. The lowest BCUT2D eigenvalue weighted by molar-refractivity contribution is 0.169. The third kappa shape index (κ3) is 2.96. The first-order valence-corrected chi connectivity index (χ1v) is 6.01. The summed E-state index contributed by atoms with van der Waals surface area (Å²) in [5.74, 6) is 2.60. The van der Waals surface area contributed by atoms with Gasteiger partial charge in [-0.25, -0.2) is 4.79 Å². The smallest absolute Gasteiger partial charge is 0.361 e. The van der Waals surface area contributed by atoms with Gasteiger partial charge in [-0.15, -0.1) is 6.42 Å². The summed E-state index contributed by atoms with van der Waals surface area (Å²) in [5.41, 5.74) is -0.655. The Hall–Kier alpha value is -1.67. The lowest BCUT2D eigenvalue weighted by Crippen LogP contribution is -2.39. The van der Waals surface area contributed by atoms with Crippen LogP contribution in [0.2, 0.25) is 5.02 Å². The van der Waals surface area contributed by atoms with Gasteiger partial charge in [0, 0.05) is 6.54 Å². The highest BCUT2D eigenvalue weighted by Crippen LogP contribution is 2.10. The van der Waals surface area contributed by atoms with Gasteiger partial charge in [-0.3, -0.25) is 4.79 Å². The second-order valence-corrected chi connectivity index (χ2v) is 4.20. The van der Waals surface area contributed by atoms with Crippen molar-refractivity contribution in [2.45, 2.75) is 26.7 Å². The molecule has 0 saturated heterocycles. The Morgan fingerprint density at radius 3 is 2.72 bits per heavy atom. The van der Waals surface area contributed by atoms with Crippen molar-refractivity contribution in [3.8, 4) is 12.3 Å². The Morgan fingerprint density at radius 2 is 2.28 bits per heavy atom. The highest BCUT2D eigenvalue weighted by molar-refractivity contribution is 6.31. The molecular weight excluding hydrogens is 256 g/mol. The average Bonchev–Trinajstić information content (AvgIpc) is 2.61. The average molecular weight is 271 g/mol. The number of carbonyl (C=O) groups excluding carboxylic acids is 1. The van der Waals surface area contributed by atoms with E-state index in [1.54, 1.807) is 0 Å². The summed E-state index contributed by atoms with van der Waals surface area (Å²) in [4.78, 5) is 25.1. The van der Waals surface area contributed by atoms with Crippen LogP contribution in [0, 0.1) is 19.3 Å². The molecular formula is C12H15ClN2O3. The fourth-order valence-corrected chi connectivity index (χ4v) is 1.53. The van der Waals surface area contributed by atoms with Crippen molar-refractivity contribution in [3.63, 3.8) is 0 Å². The number of halogens is 1. The van der Waals surface area contributed by atoms with Crippen molar-refractivity contribution in [3.05, 3.63) is 21.1 Å². The summed E-state index contributed by atoms with van der Waals surface area (Å²) >= 11 is 5.69. The number of unbranched alkanes of at least 4 members (excludes halogenated alkanes) is 1. The molecule has 1 heterocycles. The van der Waals surface area contributed by atoms with Crippen molar-refractivity contribution in [2.75, 3.05) is 13.1 Å². The summed E-state index contributed by atoms with van der Waals surface area (Å²) < 4.78 is 5.67. The van der Waals surface area contributed by atoms with Crippen molar-refractivity contribution in [2.24, 2.45) is 0 Å². The minimum absolute atomic E-state index is 0.0838. The number of aryl methyl sites for hydroxylation is 1. The third-order valence-corrected chi connectivity index (χ3v) is 2.85. The van der Waals surface area contributed by atoms with E-state index in [2.05, 4.69) is 5.92 Å². The van der Waals surface area contributed by atoms with Gasteiger partial charge in [-0.1, -0.05) is 35.6 Å². The summed E-state index contributed by atoms with van der Waals surface area (Å²) in [6.07, 6.45) is 6.92. The van der Waals surface area contributed by atoms with Crippen LogP contribution in [0.4, 0.5) is 4.79 Å². The van der Waals surface area contributed by atoms with Crippen molar-refractivity contribution in [1.29, 1.82) is 0 Å². The molecule has 0 aliphatic rings. The van der Waals surface area contributed by atoms with Crippen LogP contribution < -0.4 is 5.56 Å². The fourth-order valence-electron chi connectivity index (χ4n) is 1.41. The zero-order valence-corrected chi connectivity index (χ0v) is 11.2. The predicted octanol–water partition coefficient (Wildman–Crippen LogP) is 2.11. The number of carbonyl (C=O) groups is 1. The molecule has 1 aromatic heterocycles. The van der Waals surface area contributed by atoms with Gasteiger partial charge in [0.15, 0.2) is 5.76 Å². The van der Waals surface area contributed by atoms with E-state index in [-0.39, 0.29) is 17.3 Å². The molecule has 0 atom stereocenters. The first-order chi connectivity index (χ1) is 8.52. The van der Waals surface area contributed by atoms with Crippen LogP contribution in [-0.4, -0.2) is 28.8 Å². The van der Waals surface area contributed by atoms with Gasteiger partial charge >= 0.3 is 11.6 Å². The topological polar surface area (TPSA) is 55.5 Å². The van der Waals surface area contributed by atoms with Crippen molar-refractivity contribution >= 4 is 17.6 Å². The van der Waals surface area contributed by atoms with E-state index >= 15 is 0 Å². The van der Waals surface area contributed by atoms with Crippen molar-refractivity contribution in [1.82, 2.24) is 9.64 Å². The second kappa shape index (κ2) is 6.31. The molecule has 0 fully saturated rings. The summed E-state index contributed by atoms with van der Waals surface area (Å²) in [6, 6.07) is -0.582. The SMILES string of the molecule is C#CCN(CCCC)C(=O)n1oc(C)c(Cl)c1=O. The minimum Gasteiger partial charge on any atom is -0.370 e. The van der Waals surface area contributed by atoms with Gasteiger partial charge in [0.2, 0.25) is 0 Å². The van der Waals surface area contributed by atoms with Crippen LogP contribution in [0.15, 0.2) is 9.32 Å². The zero-order valence-electron chi connectivity index (χ0n) is 10.4. The highest BCUT2D eigenvalue weighted by Gasteiger charge is 2.21. The number of rotatable bonds is 4. The van der Waals surface area contributed by atoms with Crippen molar-refractivity contribution < 1.29 is 9.32 Å². The van der Waals surface area contributed by atoms with Crippen LogP contribution in [0.5, 0.6) is 0 Å². The molecule has 5 nitrogen and oxygen atoms in total. The number of terminal acetylenes is 1. The second-order valence-electron chi connectivity index (χ2n) is 3.82. The zero-order chi connectivity index (χ0) is 13.7. The number of aromatic nitrogens is 1. The molecule has 1 rings (SSSR count). The maximum absolute atomic E-state index is 12.1. The molecule has 98 valence electrons. The van der Waals surface area contributed by atoms with E-state index in [1.807, 2.05) is 6.92 Å². The van der Waals surface area contributed by atoms with E-state index < -0.39 is 11.6 Å². The van der Waals surface area contributed by atoms with Gasteiger partial charge in [-0.05, 0) is 13.3 Å². The minimum atomic E-state index is -0.655. The molecule has 0 N–H and O–H groups in total. The quantitative estimate of drug-likeness (QED) is 0.788. The fraction of sp³-hybridized carbons (Fsp3) is 0.500. The van der Waals surface area contributed by atoms with Crippen LogP contribution >= 0.6 is 11.6 Å². The van der Waals surface area contributed by atoms with Gasteiger partial charge in [-0.2, -0.15) is 0 Å². The van der Waals surface area contributed by atoms with E-state index in [0.717, 1.165) is 12.8 Å². The maximum atomic E-state index is 12.1. The van der Waals surface area contributed by atoms with Gasteiger partial charge in [0.05, 0.1) is 6.54 Å². The summed E-state index contributed by atoms with van der Waals surface area (Å²) in [6.45, 7) is 4.12. The molecule has 0 spiro atoms. The Kier molecular flexibility index (Phi) is 5.05. The maximum Gasteiger partial charge on any atom is 0.361 e. The normalized spacial score (nSPS) is 10.1. The molecule has 6 heteroatoms. The summed E-state index contributed by atoms with van der Waals surface area (Å²) in [5, 5.41) is -0.0838. The molecule has 1 amide bonds. The number of nitrogens with zero attached hydrogens (tertiary/aromatic N) is 2. The molecule has 18 heavy (non-hydrogen) atoms. The predicted molar refractivity (Wildman–Crippen MR) is 68.8 cm³/mol. The van der Waals surface area contributed by atoms with Crippen LogP contribution in [0.1, 0.15) is 25.5 Å². The largest absolute Gasteiger partial charge is 0.370 e. The number of hydrogen-bond donors (Lipinski definition) is 0. The molecule has 0 aliphatic carbocycles. The van der Waals surface area contributed by atoms with Gasteiger partial charge in [0.1, 0.15) is 5.02 Å². The molecule has 0 aromatic carbocycles. The third-order valence-electron chi connectivity index (χ3n) is 2.42. The number of hydrogen-bond acceptors (Lipinski definition) is 3. The first kappa shape index (κ1) is 14.4. The number of amides is 1. The summed E-state index contributed by atoms with van der Waals surface area (Å²) in [7, 11) is 0. The molecule has 0 radical (unpaired) electrons. The highest BCUT2D eigenvalue weighted by atomic mass is 35.5. The molecule has 1 aromatic rings. The lowest BCUT2D eigenvalue weighted by atomic mass is 10.3. The lowest BCUT2D eigenvalue weighted by Gasteiger charge is -2.18. The van der Waals surface area contributed by atoms with E-state index in [0.29, 0.717) is 11.3 Å². The van der Waals surface area contributed by atoms with Crippen LogP contribution in [0.25, 0.3) is 0 Å². The molecule has 0 saturated carbocycles. The van der Waals surface area contributed by atoms with Crippen LogP contribution in [-0.2, 0) is 0 Å². The standard InChI is InChI=1S/C12H15ClN2O3/c1-4-6-8-14(7-5-2)12(17)15-11(16)10(13)9(3)18-15/h2H,4,6-8H2,1,3H3. The van der Waals surface area contributed by atoms with E-state index in [9.17, 15) is 9.59 Å². The molecule has 0 bridgehead atoms. The molecule has 0 unspecified atom stereocenters.